The van der Waals surface area contributed by atoms with E-state index in [-0.39, 0.29) is 5.69 Å². The number of pyridine rings is 1. The molecule has 0 spiro atoms. The van der Waals surface area contributed by atoms with Crippen molar-refractivity contribution in [3.05, 3.63) is 18.0 Å². The summed E-state index contributed by atoms with van der Waals surface area (Å²) in [4.78, 5) is 4.27. The maximum absolute atomic E-state index is 8.52. The summed E-state index contributed by atoms with van der Waals surface area (Å²) in [5, 5.41) is 8.52. The molecule has 0 aliphatic rings. The molecular formula is C7H6N2OS. The summed E-state index contributed by atoms with van der Waals surface area (Å²) >= 11 is 4.06. The van der Waals surface area contributed by atoms with Gasteiger partial charge in [0, 0.05) is 6.20 Å². The molecule has 0 bridgehead atoms. The lowest BCUT2D eigenvalue weighted by atomic mass is 10.3. The first-order chi connectivity index (χ1) is 5.29. The van der Waals surface area contributed by atoms with Gasteiger partial charge in [-0.2, -0.15) is 5.26 Å². The second-order valence-electron chi connectivity index (χ2n) is 1.82. The molecule has 4 heteroatoms. The van der Waals surface area contributed by atoms with Crippen LogP contribution in [0.1, 0.15) is 5.69 Å². The Bertz CT molecular complexity index is 306. The van der Waals surface area contributed by atoms with E-state index < -0.39 is 0 Å². The van der Waals surface area contributed by atoms with E-state index >= 15 is 0 Å². The molecular weight excluding hydrogens is 160 g/mol. The minimum Gasteiger partial charge on any atom is -0.495 e. The van der Waals surface area contributed by atoms with Crippen molar-refractivity contribution in [2.24, 2.45) is 0 Å². The number of thiol groups is 1. The van der Waals surface area contributed by atoms with Gasteiger partial charge in [0.25, 0.3) is 0 Å². The lowest BCUT2D eigenvalue weighted by Crippen LogP contribution is -1.89. The topological polar surface area (TPSA) is 45.9 Å². The minimum atomic E-state index is 0.285. The molecule has 0 amide bonds. The zero-order valence-corrected chi connectivity index (χ0v) is 6.80. The largest absolute Gasteiger partial charge is 0.495 e. The van der Waals surface area contributed by atoms with Crippen molar-refractivity contribution in [1.29, 1.82) is 5.26 Å². The van der Waals surface area contributed by atoms with Crippen molar-refractivity contribution in [2.45, 2.75) is 4.90 Å². The van der Waals surface area contributed by atoms with Gasteiger partial charge < -0.3 is 4.74 Å². The standard InChI is InChI=1S/C7H6N2OS/c1-10-6-2-3-9-5(4-8)7(6)11/h2-3,11H,1H3. The van der Waals surface area contributed by atoms with Crippen molar-refractivity contribution in [3.8, 4) is 11.8 Å². The predicted molar refractivity (Wildman–Crippen MR) is 42.8 cm³/mol. The maximum Gasteiger partial charge on any atom is 0.157 e. The van der Waals surface area contributed by atoms with E-state index in [0.29, 0.717) is 10.6 Å². The Balaban J connectivity index is 3.23. The lowest BCUT2D eigenvalue weighted by molar-refractivity contribution is 0.404. The van der Waals surface area contributed by atoms with Crippen LogP contribution in [-0.4, -0.2) is 12.1 Å². The highest BCUT2D eigenvalue weighted by atomic mass is 32.1. The predicted octanol–water partition coefficient (Wildman–Crippen LogP) is 1.25. The summed E-state index contributed by atoms with van der Waals surface area (Å²) in [5.41, 5.74) is 0.285. The van der Waals surface area contributed by atoms with Crippen LogP contribution < -0.4 is 4.74 Å². The van der Waals surface area contributed by atoms with Crippen LogP contribution in [0.15, 0.2) is 17.2 Å². The van der Waals surface area contributed by atoms with Crippen LogP contribution in [0.5, 0.6) is 5.75 Å². The van der Waals surface area contributed by atoms with Crippen LogP contribution in [0.3, 0.4) is 0 Å². The fraction of sp³-hybridized carbons (Fsp3) is 0.143. The van der Waals surface area contributed by atoms with Gasteiger partial charge in [0.1, 0.15) is 11.8 Å². The average Bonchev–Trinajstić information content (AvgIpc) is 2.05. The third-order valence-electron chi connectivity index (χ3n) is 1.21. The number of hydrogen-bond acceptors (Lipinski definition) is 4. The van der Waals surface area contributed by atoms with Crippen molar-refractivity contribution in [1.82, 2.24) is 4.98 Å². The summed E-state index contributed by atoms with van der Waals surface area (Å²) in [6.45, 7) is 0. The van der Waals surface area contributed by atoms with E-state index in [1.165, 1.54) is 13.3 Å². The highest BCUT2D eigenvalue weighted by molar-refractivity contribution is 7.80. The van der Waals surface area contributed by atoms with Crippen LogP contribution in [-0.2, 0) is 0 Å². The van der Waals surface area contributed by atoms with Crippen molar-refractivity contribution in [3.63, 3.8) is 0 Å². The van der Waals surface area contributed by atoms with Gasteiger partial charge in [-0.25, -0.2) is 4.98 Å². The Kier molecular flexibility index (Phi) is 2.34. The van der Waals surface area contributed by atoms with Gasteiger partial charge in [0.05, 0.1) is 12.0 Å². The second-order valence-corrected chi connectivity index (χ2v) is 2.27. The van der Waals surface area contributed by atoms with Crippen molar-refractivity contribution in [2.75, 3.05) is 7.11 Å². The molecule has 0 aliphatic carbocycles. The molecule has 1 rings (SSSR count). The lowest BCUT2D eigenvalue weighted by Gasteiger charge is -2.01. The number of methoxy groups -OCH3 is 1. The smallest absolute Gasteiger partial charge is 0.157 e. The number of nitriles is 1. The molecule has 56 valence electrons. The van der Waals surface area contributed by atoms with E-state index in [9.17, 15) is 0 Å². The van der Waals surface area contributed by atoms with Gasteiger partial charge in [-0.3, -0.25) is 0 Å². The molecule has 0 fully saturated rings. The monoisotopic (exact) mass is 166 g/mol. The molecule has 1 aromatic rings. The zero-order chi connectivity index (χ0) is 8.27. The molecule has 1 aromatic heterocycles. The molecule has 1 heterocycles. The van der Waals surface area contributed by atoms with Crippen LogP contribution in [0, 0.1) is 11.3 Å². The third-order valence-corrected chi connectivity index (χ3v) is 1.65. The molecule has 0 aromatic carbocycles. The fourth-order valence-corrected chi connectivity index (χ4v) is 0.956. The van der Waals surface area contributed by atoms with Crippen LogP contribution in [0.2, 0.25) is 0 Å². The van der Waals surface area contributed by atoms with Crippen LogP contribution in [0.4, 0.5) is 0 Å². The zero-order valence-electron chi connectivity index (χ0n) is 5.90. The second kappa shape index (κ2) is 3.26. The molecule has 0 radical (unpaired) electrons. The van der Waals surface area contributed by atoms with Gasteiger partial charge in [-0.15, -0.1) is 12.6 Å². The first-order valence-corrected chi connectivity index (χ1v) is 3.36. The Morgan fingerprint density at radius 1 is 1.73 bits per heavy atom. The number of aromatic nitrogens is 1. The highest BCUT2D eigenvalue weighted by Crippen LogP contribution is 2.22. The molecule has 11 heavy (non-hydrogen) atoms. The van der Waals surface area contributed by atoms with Crippen molar-refractivity contribution < 1.29 is 4.74 Å². The van der Waals surface area contributed by atoms with Gasteiger partial charge in [0.2, 0.25) is 0 Å². The number of ether oxygens (including phenoxy) is 1. The summed E-state index contributed by atoms with van der Waals surface area (Å²) in [5.74, 6) is 0.569. The highest BCUT2D eigenvalue weighted by Gasteiger charge is 2.03. The van der Waals surface area contributed by atoms with Gasteiger partial charge >= 0.3 is 0 Å². The number of nitrogens with zero attached hydrogens (tertiary/aromatic N) is 2. The first kappa shape index (κ1) is 7.89. The number of hydrogen-bond donors (Lipinski definition) is 1. The quantitative estimate of drug-likeness (QED) is 0.639. The molecule has 3 nitrogen and oxygen atoms in total. The number of rotatable bonds is 1. The van der Waals surface area contributed by atoms with Gasteiger partial charge in [-0.05, 0) is 6.07 Å². The molecule has 0 N–H and O–H groups in total. The SMILES string of the molecule is COc1ccnc(C#N)c1S. The summed E-state index contributed by atoms with van der Waals surface area (Å²) in [6, 6.07) is 3.56. The van der Waals surface area contributed by atoms with E-state index in [1.54, 1.807) is 6.07 Å². The normalized spacial score (nSPS) is 8.82. The first-order valence-electron chi connectivity index (χ1n) is 2.91. The van der Waals surface area contributed by atoms with E-state index in [4.69, 9.17) is 10.00 Å². The summed E-state index contributed by atoms with van der Waals surface area (Å²) in [6.07, 6.45) is 1.51. The van der Waals surface area contributed by atoms with E-state index in [2.05, 4.69) is 17.6 Å². The molecule has 0 saturated carbocycles. The molecule has 0 unspecified atom stereocenters. The molecule has 0 atom stereocenters. The minimum absolute atomic E-state index is 0.285. The summed E-state index contributed by atoms with van der Waals surface area (Å²) in [7, 11) is 1.52. The summed E-state index contributed by atoms with van der Waals surface area (Å²) < 4.78 is 4.92. The van der Waals surface area contributed by atoms with E-state index in [0.717, 1.165) is 0 Å². The van der Waals surface area contributed by atoms with E-state index in [1.807, 2.05) is 6.07 Å². The van der Waals surface area contributed by atoms with Crippen LogP contribution >= 0.6 is 12.6 Å². The molecule has 0 saturated heterocycles. The Labute approximate surface area is 70.0 Å². The van der Waals surface area contributed by atoms with Crippen molar-refractivity contribution >= 4 is 12.6 Å². The fourth-order valence-electron chi connectivity index (χ4n) is 0.683. The Hall–Kier alpha value is -1.21. The Morgan fingerprint density at radius 3 is 3.00 bits per heavy atom. The van der Waals surface area contributed by atoms with Gasteiger partial charge in [-0.1, -0.05) is 0 Å². The van der Waals surface area contributed by atoms with Gasteiger partial charge in [0.15, 0.2) is 5.69 Å². The molecule has 0 aliphatic heterocycles. The third kappa shape index (κ3) is 1.44. The Morgan fingerprint density at radius 2 is 2.45 bits per heavy atom. The average molecular weight is 166 g/mol. The maximum atomic E-state index is 8.52. The van der Waals surface area contributed by atoms with Crippen LogP contribution in [0.25, 0.3) is 0 Å².